The van der Waals surface area contributed by atoms with Crippen molar-refractivity contribution in [3.05, 3.63) is 53.5 Å². The number of nitrogens with zero attached hydrogens (tertiary/aromatic N) is 3. The molecule has 1 aromatic carbocycles. The smallest absolute Gasteiger partial charge is 0.269 e. The van der Waals surface area contributed by atoms with Crippen LogP contribution >= 0.6 is 0 Å². The number of rotatable bonds is 5. The lowest BCUT2D eigenvalue weighted by Gasteiger charge is -2.27. The third-order valence-corrected chi connectivity index (χ3v) is 5.23. The van der Waals surface area contributed by atoms with Crippen LogP contribution in [0.4, 0.5) is 0 Å². The Morgan fingerprint density at radius 2 is 2.16 bits per heavy atom. The van der Waals surface area contributed by atoms with Crippen LogP contribution in [0.1, 0.15) is 46.9 Å². The van der Waals surface area contributed by atoms with Gasteiger partial charge in [0.1, 0.15) is 5.69 Å². The molecule has 4 rings (SSSR count). The fourth-order valence-electron chi connectivity index (χ4n) is 3.59. The zero-order chi connectivity index (χ0) is 17.4. The molecule has 2 aromatic heterocycles. The molecule has 130 valence electrons. The summed E-state index contributed by atoms with van der Waals surface area (Å²) in [6, 6.07) is 8.73. The number of aryl methyl sites for hydroxylation is 2. The number of hydrogen-bond acceptors (Lipinski definition) is 2. The Balaban J connectivity index is 1.43. The highest BCUT2D eigenvalue weighted by molar-refractivity contribution is 5.92. The summed E-state index contributed by atoms with van der Waals surface area (Å²) in [4.78, 5) is 12.5. The van der Waals surface area contributed by atoms with Crippen molar-refractivity contribution in [2.75, 3.05) is 6.54 Å². The summed E-state index contributed by atoms with van der Waals surface area (Å²) in [5, 5.41) is 8.65. The summed E-state index contributed by atoms with van der Waals surface area (Å²) in [5.74, 6) is -0.0273. The van der Waals surface area contributed by atoms with Crippen LogP contribution in [-0.2, 0) is 13.5 Å². The molecule has 0 unspecified atom stereocenters. The van der Waals surface area contributed by atoms with Gasteiger partial charge in [-0.15, -0.1) is 0 Å². The number of benzene rings is 1. The predicted octanol–water partition coefficient (Wildman–Crippen LogP) is 3.38. The first-order chi connectivity index (χ1) is 12.1. The minimum atomic E-state index is -0.0273. The molecule has 25 heavy (non-hydrogen) atoms. The maximum absolute atomic E-state index is 12.5. The van der Waals surface area contributed by atoms with Crippen molar-refractivity contribution in [1.82, 2.24) is 19.7 Å². The second-order valence-corrected chi connectivity index (χ2v) is 7.04. The number of hydrogen-bond donors (Lipinski definition) is 1. The van der Waals surface area contributed by atoms with Crippen molar-refractivity contribution in [2.45, 2.75) is 38.6 Å². The molecule has 1 aliphatic rings. The minimum absolute atomic E-state index is 0.0273. The van der Waals surface area contributed by atoms with E-state index < -0.39 is 0 Å². The normalized spacial score (nSPS) is 14.6. The second-order valence-electron chi connectivity index (χ2n) is 7.04. The van der Waals surface area contributed by atoms with E-state index in [2.05, 4.69) is 53.3 Å². The quantitative estimate of drug-likeness (QED) is 0.776. The molecule has 1 amide bonds. The Labute approximate surface area is 147 Å². The molecular formula is C20H24N4O. The molecule has 2 heterocycles. The van der Waals surface area contributed by atoms with Crippen LogP contribution in [0, 0.1) is 6.92 Å². The first-order valence-corrected chi connectivity index (χ1v) is 9.00. The number of carbonyl (C=O) groups excluding carboxylic acids is 1. The van der Waals surface area contributed by atoms with E-state index in [9.17, 15) is 4.79 Å². The molecule has 5 nitrogen and oxygen atoms in total. The SMILES string of the molecule is Cc1ccc2c(CCNC(=O)c3ccnn3C3CCC3)cn(C)c2c1. The highest BCUT2D eigenvalue weighted by atomic mass is 16.2. The van der Waals surface area contributed by atoms with Crippen LogP contribution in [-0.4, -0.2) is 26.8 Å². The molecule has 0 atom stereocenters. The Kier molecular flexibility index (Phi) is 4.07. The van der Waals surface area contributed by atoms with E-state index in [1.807, 2.05) is 10.7 Å². The highest BCUT2D eigenvalue weighted by Crippen LogP contribution is 2.31. The lowest BCUT2D eigenvalue weighted by Crippen LogP contribution is -2.30. The van der Waals surface area contributed by atoms with Crippen molar-refractivity contribution < 1.29 is 4.79 Å². The average molecular weight is 336 g/mol. The molecule has 0 bridgehead atoms. The molecular weight excluding hydrogens is 312 g/mol. The van der Waals surface area contributed by atoms with E-state index in [-0.39, 0.29) is 5.91 Å². The van der Waals surface area contributed by atoms with Crippen molar-refractivity contribution >= 4 is 16.8 Å². The summed E-state index contributed by atoms with van der Waals surface area (Å²) in [5.41, 5.74) is 4.45. The first kappa shape index (κ1) is 15.9. The van der Waals surface area contributed by atoms with E-state index in [1.165, 1.54) is 28.5 Å². The molecule has 1 aliphatic carbocycles. The molecule has 0 saturated heterocycles. The van der Waals surface area contributed by atoms with Gasteiger partial charge in [-0.2, -0.15) is 5.10 Å². The fourth-order valence-corrected chi connectivity index (χ4v) is 3.59. The molecule has 0 spiro atoms. The van der Waals surface area contributed by atoms with Gasteiger partial charge in [-0.25, -0.2) is 0 Å². The molecule has 1 saturated carbocycles. The lowest BCUT2D eigenvalue weighted by molar-refractivity contribution is 0.0936. The van der Waals surface area contributed by atoms with E-state index in [4.69, 9.17) is 0 Å². The first-order valence-electron chi connectivity index (χ1n) is 9.00. The summed E-state index contributed by atoms with van der Waals surface area (Å²) in [7, 11) is 2.07. The summed E-state index contributed by atoms with van der Waals surface area (Å²) in [6.45, 7) is 2.74. The van der Waals surface area contributed by atoms with Crippen LogP contribution in [0.2, 0.25) is 0 Å². The maximum atomic E-state index is 12.5. The molecule has 3 aromatic rings. The van der Waals surface area contributed by atoms with Crippen LogP contribution in [0.25, 0.3) is 10.9 Å². The molecule has 0 radical (unpaired) electrons. The molecule has 5 heteroatoms. The highest BCUT2D eigenvalue weighted by Gasteiger charge is 2.24. The Hall–Kier alpha value is -2.56. The van der Waals surface area contributed by atoms with E-state index in [0.29, 0.717) is 18.3 Å². The van der Waals surface area contributed by atoms with Gasteiger partial charge in [0.15, 0.2) is 0 Å². The topological polar surface area (TPSA) is 51.9 Å². The zero-order valence-corrected chi connectivity index (χ0v) is 14.8. The van der Waals surface area contributed by atoms with Crippen LogP contribution in [0.3, 0.4) is 0 Å². The van der Waals surface area contributed by atoms with Crippen LogP contribution < -0.4 is 5.32 Å². The van der Waals surface area contributed by atoms with Gasteiger partial charge in [-0.1, -0.05) is 12.1 Å². The fraction of sp³-hybridized carbons (Fsp3) is 0.400. The van der Waals surface area contributed by atoms with Gasteiger partial charge in [0.05, 0.1) is 6.04 Å². The van der Waals surface area contributed by atoms with Gasteiger partial charge >= 0.3 is 0 Å². The molecule has 1 fully saturated rings. The second kappa shape index (κ2) is 6.39. The van der Waals surface area contributed by atoms with Gasteiger partial charge in [0, 0.05) is 36.9 Å². The monoisotopic (exact) mass is 336 g/mol. The number of amides is 1. The molecule has 0 aliphatic heterocycles. The standard InChI is InChI=1S/C20H24N4O/c1-14-6-7-17-15(13-23(2)19(17)12-14)8-10-21-20(25)18-9-11-22-24(18)16-4-3-5-16/h6-7,9,11-13,16H,3-5,8,10H2,1-2H3,(H,21,25). The summed E-state index contributed by atoms with van der Waals surface area (Å²) < 4.78 is 4.05. The van der Waals surface area contributed by atoms with Crippen molar-refractivity contribution in [3.63, 3.8) is 0 Å². The van der Waals surface area contributed by atoms with E-state index in [0.717, 1.165) is 19.3 Å². The largest absolute Gasteiger partial charge is 0.350 e. The molecule has 1 N–H and O–H groups in total. The van der Waals surface area contributed by atoms with E-state index in [1.54, 1.807) is 6.20 Å². The number of fused-ring (bicyclic) bond motifs is 1. The van der Waals surface area contributed by atoms with Gasteiger partial charge in [-0.3, -0.25) is 9.48 Å². The Morgan fingerprint density at radius 3 is 2.92 bits per heavy atom. The van der Waals surface area contributed by atoms with Crippen LogP contribution in [0.5, 0.6) is 0 Å². The number of carbonyl (C=O) groups is 1. The number of nitrogens with one attached hydrogen (secondary N) is 1. The van der Waals surface area contributed by atoms with E-state index >= 15 is 0 Å². The zero-order valence-electron chi connectivity index (χ0n) is 14.8. The van der Waals surface area contributed by atoms with Gasteiger partial charge in [-0.05, 0) is 55.9 Å². The van der Waals surface area contributed by atoms with Crippen molar-refractivity contribution in [3.8, 4) is 0 Å². The van der Waals surface area contributed by atoms with Crippen LogP contribution in [0.15, 0.2) is 36.7 Å². The van der Waals surface area contributed by atoms with Crippen molar-refractivity contribution in [1.29, 1.82) is 0 Å². The Bertz CT molecular complexity index is 917. The van der Waals surface area contributed by atoms with Gasteiger partial charge in [0.2, 0.25) is 0 Å². The Morgan fingerprint density at radius 1 is 1.32 bits per heavy atom. The number of aromatic nitrogens is 3. The third kappa shape index (κ3) is 2.95. The average Bonchev–Trinajstić information content (AvgIpc) is 3.12. The predicted molar refractivity (Wildman–Crippen MR) is 98.8 cm³/mol. The minimum Gasteiger partial charge on any atom is -0.350 e. The third-order valence-electron chi connectivity index (χ3n) is 5.23. The van der Waals surface area contributed by atoms with Gasteiger partial charge in [0.25, 0.3) is 5.91 Å². The summed E-state index contributed by atoms with van der Waals surface area (Å²) >= 11 is 0. The maximum Gasteiger partial charge on any atom is 0.269 e. The van der Waals surface area contributed by atoms with Gasteiger partial charge < -0.3 is 9.88 Å². The van der Waals surface area contributed by atoms with Crippen molar-refractivity contribution in [2.24, 2.45) is 7.05 Å². The lowest BCUT2D eigenvalue weighted by atomic mass is 9.93. The summed E-state index contributed by atoms with van der Waals surface area (Å²) in [6.07, 6.45) is 8.18.